The molecule has 548 valence electrons. The third kappa shape index (κ3) is 65.3. The summed E-state index contributed by atoms with van der Waals surface area (Å²) in [5.41, 5.74) is 0. The van der Waals surface area contributed by atoms with Crippen molar-refractivity contribution in [3.8, 4) is 0 Å². The van der Waals surface area contributed by atoms with Crippen molar-refractivity contribution < 1.29 is 80.2 Å². The highest BCUT2D eigenvalue weighted by Gasteiger charge is 2.30. The first-order valence-electron chi connectivity index (χ1n) is 37.7. The van der Waals surface area contributed by atoms with Crippen molar-refractivity contribution in [3.05, 3.63) is 24.3 Å². The van der Waals surface area contributed by atoms with E-state index in [1.165, 1.54) is 141 Å². The lowest BCUT2D eigenvalue weighted by Crippen LogP contribution is -2.30. The van der Waals surface area contributed by atoms with Gasteiger partial charge in [-0.05, 0) is 69.1 Å². The maximum atomic E-state index is 13.1. The number of phosphoric acid groups is 2. The molecular weight excluding hydrogens is 1220 g/mol. The highest BCUT2D eigenvalue weighted by atomic mass is 31.2. The molecule has 7 atom stereocenters. The lowest BCUT2D eigenvalue weighted by Gasteiger charge is -2.21. The third-order valence-corrected chi connectivity index (χ3v) is 19.1. The number of esters is 4. The summed E-state index contributed by atoms with van der Waals surface area (Å²) >= 11 is 0. The van der Waals surface area contributed by atoms with Crippen LogP contribution in [0.1, 0.15) is 350 Å². The van der Waals surface area contributed by atoms with E-state index in [1.54, 1.807) is 0 Å². The molecule has 0 bridgehead atoms. The van der Waals surface area contributed by atoms with Crippen molar-refractivity contribution in [2.45, 2.75) is 369 Å². The van der Waals surface area contributed by atoms with Crippen molar-refractivity contribution in [2.75, 3.05) is 39.6 Å². The summed E-state index contributed by atoms with van der Waals surface area (Å²) in [5.74, 6) is 0.147. The van der Waals surface area contributed by atoms with Crippen LogP contribution < -0.4 is 0 Å². The van der Waals surface area contributed by atoms with Gasteiger partial charge in [0, 0.05) is 25.7 Å². The molecule has 0 aliphatic heterocycles. The Morgan fingerprint density at radius 1 is 0.355 bits per heavy atom. The van der Waals surface area contributed by atoms with Crippen LogP contribution in [0.2, 0.25) is 0 Å². The number of rotatable bonds is 70. The van der Waals surface area contributed by atoms with Crippen molar-refractivity contribution in [1.82, 2.24) is 0 Å². The van der Waals surface area contributed by atoms with Gasteiger partial charge in [-0.25, -0.2) is 9.13 Å². The first kappa shape index (κ1) is 90.5. The van der Waals surface area contributed by atoms with Gasteiger partial charge in [0.2, 0.25) is 0 Å². The number of phosphoric ester groups is 2. The van der Waals surface area contributed by atoms with Crippen LogP contribution in [-0.2, 0) is 65.4 Å². The Bertz CT molecular complexity index is 1920. The van der Waals surface area contributed by atoms with Crippen molar-refractivity contribution in [3.63, 3.8) is 0 Å². The summed E-state index contributed by atoms with van der Waals surface area (Å²) in [6.07, 6.45) is 52.0. The Hall–Kier alpha value is -2.46. The second kappa shape index (κ2) is 64.2. The lowest BCUT2D eigenvalue weighted by atomic mass is 9.99. The van der Waals surface area contributed by atoms with E-state index in [0.717, 1.165) is 127 Å². The smallest absolute Gasteiger partial charge is 0.462 e. The molecule has 0 aromatic heterocycles. The van der Waals surface area contributed by atoms with Gasteiger partial charge in [-0.3, -0.25) is 37.3 Å². The summed E-state index contributed by atoms with van der Waals surface area (Å²) in [7, 11) is -9.92. The van der Waals surface area contributed by atoms with Crippen LogP contribution in [0.4, 0.5) is 0 Å². The zero-order valence-corrected chi connectivity index (χ0v) is 62.0. The predicted octanol–water partition coefficient (Wildman–Crippen LogP) is 21.0. The minimum atomic E-state index is -4.96. The van der Waals surface area contributed by atoms with Gasteiger partial charge in [0.25, 0.3) is 0 Å². The van der Waals surface area contributed by atoms with Crippen LogP contribution in [0.3, 0.4) is 0 Å². The fourth-order valence-electron chi connectivity index (χ4n) is 10.6. The molecule has 0 fully saturated rings. The number of allylic oxidation sites excluding steroid dienone is 4. The molecule has 0 spiro atoms. The fraction of sp³-hybridized carbons (Fsp3) is 0.892. The molecule has 0 radical (unpaired) electrons. The Balaban J connectivity index is 5.30. The molecule has 17 nitrogen and oxygen atoms in total. The predicted molar refractivity (Wildman–Crippen MR) is 377 cm³/mol. The first-order chi connectivity index (χ1) is 44.8. The number of carbonyl (C=O) groups is 4. The lowest BCUT2D eigenvalue weighted by molar-refractivity contribution is -0.161. The molecule has 0 rings (SSSR count). The van der Waals surface area contributed by atoms with E-state index in [-0.39, 0.29) is 25.7 Å². The zero-order valence-electron chi connectivity index (χ0n) is 60.2. The van der Waals surface area contributed by atoms with E-state index >= 15 is 0 Å². The van der Waals surface area contributed by atoms with Gasteiger partial charge in [0.05, 0.1) is 26.4 Å². The molecule has 0 aromatic rings. The SMILES string of the molecule is CCCCCC/C=C\C=C/CCCCCCCC(=O)O[C@H](COC(=O)CCCCCCCCC(C)CC)COP(=O)(O)OC[C@H](O)COP(=O)(O)OC[C@@H](COC(=O)CCCCCCCCCCCCC(C)CC)OC(=O)CCCCCCCCCCCCCC(C)C. The Kier molecular flexibility index (Phi) is 62.5. The van der Waals surface area contributed by atoms with Crippen molar-refractivity contribution in [2.24, 2.45) is 17.8 Å². The summed E-state index contributed by atoms with van der Waals surface area (Å²) < 4.78 is 68.4. The van der Waals surface area contributed by atoms with Gasteiger partial charge < -0.3 is 33.8 Å². The molecule has 4 unspecified atom stereocenters. The number of carbonyl (C=O) groups excluding carboxylic acids is 4. The van der Waals surface area contributed by atoms with Gasteiger partial charge in [-0.2, -0.15) is 0 Å². The van der Waals surface area contributed by atoms with Crippen LogP contribution in [0, 0.1) is 17.8 Å². The maximum absolute atomic E-state index is 13.1. The Morgan fingerprint density at radius 3 is 0.957 bits per heavy atom. The first-order valence-corrected chi connectivity index (χ1v) is 40.7. The molecule has 0 aliphatic carbocycles. The van der Waals surface area contributed by atoms with E-state index in [4.69, 9.17) is 37.0 Å². The molecule has 93 heavy (non-hydrogen) atoms. The number of hydrogen-bond acceptors (Lipinski definition) is 15. The van der Waals surface area contributed by atoms with Crippen LogP contribution in [0.5, 0.6) is 0 Å². The zero-order chi connectivity index (χ0) is 68.7. The highest BCUT2D eigenvalue weighted by molar-refractivity contribution is 7.47. The molecule has 0 saturated heterocycles. The fourth-order valence-corrected chi connectivity index (χ4v) is 12.2. The van der Waals surface area contributed by atoms with Gasteiger partial charge in [-0.1, -0.05) is 297 Å². The monoisotopic (exact) mass is 1360 g/mol. The second-order valence-corrected chi connectivity index (χ2v) is 29.9. The van der Waals surface area contributed by atoms with Crippen molar-refractivity contribution in [1.29, 1.82) is 0 Å². The summed E-state index contributed by atoms with van der Waals surface area (Å²) in [4.78, 5) is 72.7. The third-order valence-electron chi connectivity index (χ3n) is 17.2. The van der Waals surface area contributed by atoms with Gasteiger partial charge in [-0.15, -0.1) is 0 Å². The number of aliphatic hydroxyl groups is 1. The standard InChI is InChI=1S/C74H140O17P2/c1-8-11-12-13-14-15-16-17-18-19-22-29-34-43-50-57-73(78)91-70(62-85-72(77)56-49-42-37-36-40-47-54-67(7)10-3)64-89-93(82,83)87-60-68(75)59-86-92(80,81)88-63-69(90-74(79)58-51-44-35-30-23-20-21-26-31-38-45-52-65(4)5)61-84-71(76)55-48-41-33-28-25-24-27-32-39-46-53-66(6)9-2/h15-18,65-70,75H,8-14,19-64H2,1-7H3,(H,80,81)(H,82,83)/b16-15-,18-17-/t66?,67?,68-,69-,70-/m1/s1. The summed E-state index contributed by atoms with van der Waals surface area (Å²) in [6, 6.07) is 0. The normalized spacial score (nSPS) is 14.9. The summed E-state index contributed by atoms with van der Waals surface area (Å²) in [6.45, 7) is 11.8. The number of ether oxygens (including phenoxy) is 4. The Morgan fingerprint density at radius 2 is 0.634 bits per heavy atom. The van der Waals surface area contributed by atoms with Gasteiger partial charge in [0.15, 0.2) is 12.2 Å². The highest BCUT2D eigenvalue weighted by Crippen LogP contribution is 2.45. The van der Waals surface area contributed by atoms with E-state index in [2.05, 4.69) is 72.8 Å². The topological polar surface area (TPSA) is 237 Å². The van der Waals surface area contributed by atoms with Crippen LogP contribution in [0.15, 0.2) is 24.3 Å². The second-order valence-electron chi connectivity index (χ2n) is 27.0. The van der Waals surface area contributed by atoms with Crippen LogP contribution >= 0.6 is 15.6 Å². The van der Waals surface area contributed by atoms with E-state index < -0.39 is 97.5 Å². The average Bonchev–Trinajstić information content (AvgIpc) is 3.75. The number of hydrogen-bond donors (Lipinski definition) is 3. The van der Waals surface area contributed by atoms with E-state index in [0.29, 0.717) is 25.7 Å². The van der Waals surface area contributed by atoms with Gasteiger partial charge >= 0.3 is 39.5 Å². The molecule has 0 amide bonds. The Labute approximate surface area is 567 Å². The molecule has 0 heterocycles. The van der Waals surface area contributed by atoms with E-state index in [9.17, 15) is 43.2 Å². The van der Waals surface area contributed by atoms with Gasteiger partial charge in [0.1, 0.15) is 19.3 Å². The minimum Gasteiger partial charge on any atom is -0.462 e. The van der Waals surface area contributed by atoms with Crippen LogP contribution in [-0.4, -0.2) is 96.7 Å². The number of unbranched alkanes of at least 4 members (excludes halogenated alkanes) is 33. The molecule has 0 saturated carbocycles. The molecule has 0 aliphatic rings. The largest absolute Gasteiger partial charge is 0.472 e. The van der Waals surface area contributed by atoms with Crippen molar-refractivity contribution >= 4 is 39.5 Å². The quantitative estimate of drug-likeness (QED) is 0.0169. The molecule has 19 heteroatoms. The molecular formula is C74H140O17P2. The minimum absolute atomic E-state index is 0.0838. The molecule has 3 N–H and O–H groups in total. The maximum Gasteiger partial charge on any atom is 0.472 e. The van der Waals surface area contributed by atoms with E-state index in [1.807, 2.05) is 0 Å². The number of aliphatic hydroxyl groups excluding tert-OH is 1. The van der Waals surface area contributed by atoms with Crippen LogP contribution in [0.25, 0.3) is 0 Å². The average molecular weight is 1360 g/mol. The molecule has 0 aromatic carbocycles. The summed E-state index contributed by atoms with van der Waals surface area (Å²) in [5, 5.41) is 10.6.